The molecule has 5 nitrogen and oxygen atoms in total. The minimum Gasteiger partial charge on any atom is -0.469 e. The van der Waals surface area contributed by atoms with Crippen LogP contribution in [0.1, 0.15) is 117 Å². The molecule has 0 fully saturated rings. The molecule has 0 radical (unpaired) electrons. The molecule has 0 saturated heterocycles. The van der Waals surface area contributed by atoms with Crippen LogP contribution in [0, 0.1) is 0 Å². The molecule has 0 aliphatic carbocycles. The van der Waals surface area contributed by atoms with Gasteiger partial charge in [0.2, 0.25) is 0 Å². The van der Waals surface area contributed by atoms with E-state index in [4.69, 9.17) is 4.74 Å². The zero-order chi connectivity index (χ0) is 20.8. The molecule has 0 rings (SSSR count). The average molecular weight is 387 g/mol. The quantitative estimate of drug-likeness (QED) is 0.192. The number of methoxy groups -OCH3 is 1. The summed E-state index contributed by atoms with van der Waals surface area (Å²) in [7, 11) is 1.38. The van der Waals surface area contributed by atoms with Gasteiger partial charge in [-0.25, -0.2) is 0 Å². The summed E-state index contributed by atoms with van der Waals surface area (Å²) >= 11 is 0. The van der Waals surface area contributed by atoms with E-state index in [0.29, 0.717) is 19.3 Å². The lowest BCUT2D eigenvalue weighted by molar-refractivity contribution is -0.159. The predicted molar refractivity (Wildman–Crippen MR) is 109 cm³/mol. The van der Waals surface area contributed by atoms with Gasteiger partial charge in [-0.2, -0.15) is 0 Å². The first kappa shape index (κ1) is 27.8. The van der Waals surface area contributed by atoms with E-state index >= 15 is 0 Å². The number of hydrogen-bond acceptors (Lipinski definition) is 5. The molecule has 0 aliphatic heterocycles. The van der Waals surface area contributed by atoms with Crippen LogP contribution in [0.2, 0.25) is 0 Å². The smallest absolute Gasteiger partial charge is 0.313 e. The van der Waals surface area contributed by atoms with E-state index in [2.05, 4.69) is 18.6 Å². The fraction of sp³-hybridized carbons (Fsp3) is 0.864. The van der Waals surface area contributed by atoms with Gasteiger partial charge < -0.3 is 9.47 Å². The molecular weight excluding hydrogens is 344 g/mol. The van der Waals surface area contributed by atoms with Crippen molar-refractivity contribution in [2.24, 2.45) is 0 Å². The van der Waals surface area contributed by atoms with E-state index in [0.717, 1.165) is 25.7 Å². The zero-order valence-electron chi connectivity index (χ0n) is 18.1. The third-order valence-electron chi connectivity index (χ3n) is 4.21. The monoisotopic (exact) mass is 386 g/mol. The van der Waals surface area contributed by atoms with Gasteiger partial charge >= 0.3 is 17.9 Å². The molecule has 0 atom stereocenters. The van der Waals surface area contributed by atoms with E-state index in [1.807, 2.05) is 0 Å². The van der Waals surface area contributed by atoms with Crippen molar-refractivity contribution in [3.8, 4) is 0 Å². The molecule has 27 heavy (non-hydrogen) atoms. The van der Waals surface area contributed by atoms with E-state index in [-0.39, 0.29) is 17.9 Å². The van der Waals surface area contributed by atoms with Crippen LogP contribution >= 0.6 is 0 Å². The second-order valence-corrected chi connectivity index (χ2v) is 6.81. The lowest BCUT2D eigenvalue weighted by Crippen LogP contribution is -2.11. The van der Waals surface area contributed by atoms with Crippen molar-refractivity contribution in [1.29, 1.82) is 0 Å². The Morgan fingerprint density at radius 3 is 1.22 bits per heavy atom. The number of ether oxygens (including phenoxy) is 2. The summed E-state index contributed by atoms with van der Waals surface area (Å²) < 4.78 is 9.09. The van der Waals surface area contributed by atoms with Crippen molar-refractivity contribution < 1.29 is 23.9 Å². The van der Waals surface area contributed by atoms with E-state index < -0.39 is 0 Å². The van der Waals surface area contributed by atoms with E-state index in [1.165, 1.54) is 58.5 Å². The van der Waals surface area contributed by atoms with Gasteiger partial charge in [0.05, 0.1) is 7.11 Å². The Balaban J connectivity index is 0. The summed E-state index contributed by atoms with van der Waals surface area (Å²) in [6.07, 6.45) is 14.8. The molecule has 0 aromatic carbocycles. The van der Waals surface area contributed by atoms with Crippen molar-refractivity contribution in [3.63, 3.8) is 0 Å². The molecule has 0 aromatic rings. The first-order valence-corrected chi connectivity index (χ1v) is 10.8. The molecule has 160 valence electrons. The Hall–Kier alpha value is -1.39. The number of hydrogen-bond donors (Lipinski definition) is 0. The van der Waals surface area contributed by atoms with Gasteiger partial charge in [0.25, 0.3) is 0 Å². The Bertz CT molecular complexity index is 334. The Kier molecular flexibility index (Phi) is 23.3. The van der Waals surface area contributed by atoms with Gasteiger partial charge in [-0.15, -0.1) is 0 Å². The van der Waals surface area contributed by atoms with Gasteiger partial charge in [0.1, 0.15) is 0 Å². The molecule has 0 aromatic heterocycles. The van der Waals surface area contributed by atoms with Gasteiger partial charge in [-0.3, -0.25) is 14.4 Å². The maximum atomic E-state index is 11.5. The second kappa shape index (κ2) is 22.7. The molecular formula is C22H42O5. The van der Waals surface area contributed by atoms with Gasteiger partial charge in [-0.05, 0) is 12.8 Å². The number of esters is 3. The summed E-state index contributed by atoms with van der Waals surface area (Å²) in [6, 6.07) is 0. The predicted octanol–water partition coefficient (Wildman–Crippen LogP) is 6.13. The van der Waals surface area contributed by atoms with Crippen molar-refractivity contribution >= 4 is 17.9 Å². The molecule has 0 amide bonds. The second-order valence-electron chi connectivity index (χ2n) is 6.81. The van der Waals surface area contributed by atoms with Gasteiger partial charge in [0.15, 0.2) is 0 Å². The summed E-state index contributed by atoms with van der Waals surface area (Å²) in [6.45, 7) is 6.13. The lowest BCUT2D eigenvalue weighted by atomic mass is 10.1. The molecule has 0 N–H and O–H groups in total. The van der Waals surface area contributed by atoms with Crippen molar-refractivity contribution in [3.05, 3.63) is 0 Å². The van der Waals surface area contributed by atoms with Crippen LogP contribution in [0.5, 0.6) is 0 Å². The highest BCUT2D eigenvalue weighted by Crippen LogP contribution is 2.09. The standard InChI is InChI=1S/C18H34O3.C4H8O2/c1-3-5-7-9-11-13-15-17(19)21-18(20)16-14-12-10-8-6-4-2;1-3-4(5)6-2/h3-16H2,1-2H3;3H2,1-2H3. The number of rotatable bonds is 15. The third kappa shape index (κ3) is 24.6. The number of carbonyl (C=O) groups is 3. The highest BCUT2D eigenvalue weighted by molar-refractivity contribution is 5.85. The fourth-order valence-corrected chi connectivity index (χ4v) is 2.47. The van der Waals surface area contributed by atoms with Crippen molar-refractivity contribution in [2.75, 3.05) is 7.11 Å². The molecule has 0 unspecified atom stereocenters. The minimum atomic E-state index is -0.346. The SMILES string of the molecule is CCC(=O)OC.CCCCCCCCC(=O)OC(=O)CCCCCCCC. The first-order chi connectivity index (χ1) is 13.0. The van der Waals surface area contributed by atoms with Crippen molar-refractivity contribution in [1.82, 2.24) is 0 Å². The lowest BCUT2D eigenvalue weighted by Gasteiger charge is -2.03. The summed E-state index contributed by atoms with van der Waals surface area (Å²) in [4.78, 5) is 32.9. The van der Waals surface area contributed by atoms with Crippen LogP contribution in [0.25, 0.3) is 0 Å². The molecule has 0 spiro atoms. The molecule has 5 heteroatoms. The van der Waals surface area contributed by atoms with Crippen LogP contribution in [0.4, 0.5) is 0 Å². The summed E-state index contributed by atoms with van der Waals surface area (Å²) in [5.74, 6) is -0.849. The van der Waals surface area contributed by atoms with Gasteiger partial charge in [-0.1, -0.05) is 85.0 Å². The normalized spacial score (nSPS) is 9.93. The number of carbonyl (C=O) groups excluding carboxylic acids is 3. The van der Waals surface area contributed by atoms with Crippen LogP contribution in [-0.2, 0) is 23.9 Å². The van der Waals surface area contributed by atoms with Crippen LogP contribution in [0.3, 0.4) is 0 Å². The fourth-order valence-electron chi connectivity index (χ4n) is 2.47. The Morgan fingerprint density at radius 2 is 0.926 bits per heavy atom. The summed E-state index contributed by atoms with van der Waals surface area (Å²) in [5.41, 5.74) is 0. The van der Waals surface area contributed by atoms with Gasteiger partial charge in [0, 0.05) is 19.3 Å². The molecule has 0 aliphatic rings. The van der Waals surface area contributed by atoms with Crippen LogP contribution in [0.15, 0.2) is 0 Å². The van der Waals surface area contributed by atoms with Crippen LogP contribution in [-0.4, -0.2) is 25.0 Å². The van der Waals surface area contributed by atoms with E-state index in [9.17, 15) is 14.4 Å². The molecule has 0 bridgehead atoms. The maximum absolute atomic E-state index is 11.5. The average Bonchev–Trinajstić information content (AvgIpc) is 2.67. The van der Waals surface area contributed by atoms with Crippen LogP contribution < -0.4 is 0 Å². The number of unbranched alkanes of at least 4 members (excludes halogenated alkanes) is 10. The topological polar surface area (TPSA) is 69.7 Å². The Labute approximate surface area is 166 Å². The largest absolute Gasteiger partial charge is 0.469 e. The molecule has 0 heterocycles. The maximum Gasteiger partial charge on any atom is 0.313 e. The highest BCUT2D eigenvalue weighted by atomic mass is 16.6. The summed E-state index contributed by atoms with van der Waals surface area (Å²) in [5, 5.41) is 0. The van der Waals surface area contributed by atoms with Crippen molar-refractivity contribution in [2.45, 2.75) is 117 Å². The highest BCUT2D eigenvalue weighted by Gasteiger charge is 2.09. The zero-order valence-corrected chi connectivity index (χ0v) is 18.1. The third-order valence-corrected chi connectivity index (χ3v) is 4.21. The van der Waals surface area contributed by atoms with E-state index in [1.54, 1.807) is 6.92 Å². The minimum absolute atomic E-state index is 0.157. The first-order valence-electron chi connectivity index (χ1n) is 10.8. The Morgan fingerprint density at radius 1 is 0.556 bits per heavy atom. The molecule has 0 saturated carbocycles.